The maximum absolute atomic E-state index is 12.1. The smallest absolute Gasteiger partial charge is 0.178 e. The third-order valence-corrected chi connectivity index (χ3v) is 4.96. The molecule has 0 bridgehead atoms. The van der Waals surface area contributed by atoms with Crippen molar-refractivity contribution in [2.75, 3.05) is 5.75 Å². The Labute approximate surface area is 117 Å². The van der Waals surface area contributed by atoms with Crippen molar-refractivity contribution in [3.63, 3.8) is 0 Å². The monoisotopic (exact) mass is 278 g/mol. The molecule has 1 aromatic carbocycles. The minimum absolute atomic E-state index is 0.231. The average molecular weight is 278 g/mol. The first-order valence-electron chi connectivity index (χ1n) is 6.89. The highest BCUT2D eigenvalue weighted by atomic mass is 32.2. The van der Waals surface area contributed by atoms with Crippen LogP contribution in [0.1, 0.15) is 51.0 Å². The SMILES string of the molecule is C#Cc1ccc(S(=O)(=O)CCCCCCCC)cc1. The topological polar surface area (TPSA) is 34.1 Å². The molecular formula is C16H22O2S. The molecule has 0 unspecified atom stereocenters. The zero-order valence-electron chi connectivity index (χ0n) is 11.6. The third-order valence-electron chi connectivity index (χ3n) is 3.15. The van der Waals surface area contributed by atoms with E-state index in [9.17, 15) is 8.42 Å². The van der Waals surface area contributed by atoms with Crippen molar-refractivity contribution in [3.8, 4) is 12.3 Å². The number of benzene rings is 1. The highest BCUT2D eigenvalue weighted by Crippen LogP contribution is 2.15. The Bertz CT molecular complexity index is 507. The summed E-state index contributed by atoms with van der Waals surface area (Å²) in [4.78, 5) is 0.375. The summed E-state index contributed by atoms with van der Waals surface area (Å²) in [7, 11) is -3.15. The number of terminal acetylenes is 1. The van der Waals surface area contributed by atoms with Gasteiger partial charge in [-0.3, -0.25) is 0 Å². The lowest BCUT2D eigenvalue weighted by Crippen LogP contribution is -2.06. The number of sulfone groups is 1. The Morgan fingerprint density at radius 3 is 2.16 bits per heavy atom. The molecule has 0 aliphatic carbocycles. The average Bonchev–Trinajstić information content (AvgIpc) is 2.43. The Morgan fingerprint density at radius 1 is 1.00 bits per heavy atom. The molecule has 0 aliphatic rings. The van der Waals surface area contributed by atoms with Crippen molar-refractivity contribution in [2.45, 2.75) is 50.3 Å². The van der Waals surface area contributed by atoms with E-state index in [0.29, 0.717) is 10.5 Å². The zero-order valence-corrected chi connectivity index (χ0v) is 12.4. The van der Waals surface area contributed by atoms with Gasteiger partial charge in [-0.15, -0.1) is 6.42 Å². The minimum Gasteiger partial charge on any atom is -0.224 e. The fourth-order valence-corrected chi connectivity index (χ4v) is 3.32. The van der Waals surface area contributed by atoms with Gasteiger partial charge in [0.15, 0.2) is 9.84 Å². The molecular weight excluding hydrogens is 256 g/mol. The molecule has 1 aromatic rings. The summed E-state index contributed by atoms with van der Waals surface area (Å²) in [6.45, 7) is 2.17. The molecule has 0 saturated heterocycles. The molecule has 0 atom stereocenters. The molecule has 1 rings (SSSR count). The van der Waals surface area contributed by atoms with Gasteiger partial charge in [-0.1, -0.05) is 44.9 Å². The first-order valence-corrected chi connectivity index (χ1v) is 8.55. The second kappa shape index (κ2) is 8.01. The Kier molecular flexibility index (Phi) is 6.66. The lowest BCUT2D eigenvalue weighted by molar-refractivity contribution is 0.583. The molecule has 0 spiro atoms. The van der Waals surface area contributed by atoms with Crippen LogP contribution in [0.2, 0.25) is 0 Å². The van der Waals surface area contributed by atoms with E-state index in [1.54, 1.807) is 24.3 Å². The van der Waals surface area contributed by atoms with E-state index in [-0.39, 0.29) is 5.75 Å². The van der Waals surface area contributed by atoms with Crippen LogP contribution in [0, 0.1) is 12.3 Å². The van der Waals surface area contributed by atoms with Crippen LogP contribution in [0.4, 0.5) is 0 Å². The fraction of sp³-hybridized carbons (Fsp3) is 0.500. The van der Waals surface area contributed by atoms with Gasteiger partial charge in [0.05, 0.1) is 10.6 Å². The van der Waals surface area contributed by atoms with E-state index in [1.165, 1.54) is 19.3 Å². The summed E-state index contributed by atoms with van der Waals surface area (Å²) in [5.41, 5.74) is 0.707. The van der Waals surface area contributed by atoms with Crippen molar-refractivity contribution in [3.05, 3.63) is 29.8 Å². The molecule has 0 saturated carbocycles. The summed E-state index contributed by atoms with van der Waals surface area (Å²) >= 11 is 0. The van der Waals surface area contributed by atoms with Gasteiger partial charge < -0.3 is 0 Å². The fourth-order valence-electron chi connectivity index (χ4n) is 1.95. The molecule has 19 heavy (non-hydrogen) atoms. The molecule has 0 N–H and O–H groups in total. The zero-order chi connectivity index (χ0) is 14.1. The van der Waals surface area contributed by atoms with Gasteiger partial charge in [-0.2, -0.15) is 0 Å². The third kappa shape index (κ3) is 5.48. The van der Waals surface area contributed by atoms with E-state index in [1.807, 2.05) is 0 Å². The van der Waals surface area contributed by atoms with Crippen molar-refractivity contribution in [1.29, 1.82) is 0 Å². The van der Waals surface area contributed by atoms with Gasteiger partial charge in [-0.05, 0) is 30.7 Å². The van der Waals surface area contributed by atoms with Crippen LogP contribution in [-0.4, -0.2) is 14.2 Å². The predicted molar refractivity (Wildman–Crippen MR) is 79.8 cm³/mol. The maximum atomic E-state index is 12.1. The molecule has 104 valence electrons. The van der Waals surface area contributed by atoms with E-state index in [4.69, 9.17) is 6.42 Å². The molecule has 0 heterocycles. The molecule has 0 aliphatic heterocycles. The number of unbranched alkanes of at least 4 members (excludes halogenated alkanes) is 5. The molecule has 3 heteroatoms. The van der Waals surface area contributed by atoms with Crippen molar-refractivity contribution >= 4 is 9.84 Å². The Morgan fingerprint density at radius 2 is 1.58 bits per heavy atom. The van der Waals surface area contributed by atoms with E-state index >= 15 is 0 Å². The predicted octanol–water partition coefficient (Wildman–Crippen LogP) is 3.80. The minimum atomic E-state index is -3.15. The van der Waals surface area contributed by atoms with E-state index in [2.05, 4.69) is 12.8 Å². The lowest BCUT2D eigenvalue weighted by atomic mass is 10.1. The first kappa shape index (κ1) is 15.8. The lowest BCUT2D eigenvalue weighted by Gasteiger charge is -2.04. The molecule has 0 radical (unpaired) electrons. The quantitative estimate of drug-likeness (QED) is 0.535. The Hall–Kier alpha value is -1.27. The highest BCUT2D eigenvalue weighted by Gasteiger charge is 2.13. The van der Waals surface area contributed by atoms with Gasteiger partial charge in [0.2, 0.25) is 0 Å². The van der Waals surface area contributed by atoms with Crippen molar-refractivity contribution in [1.82, 2.24) is 0 Å². The van der Waals surface area contributed by atoms with E-state index in [0.717, 1.165) is 19.3 Å². The van der Waals surface area contributed by atoms with Crippen molar-refractivity contribution in [2.24, 2.45) is 0 Å². The van der Waals surface area contributed by atoms with Crippen molar-refractivity contribution < 1.29 is 8.42 Å². The second-order valence-electron chi connectivity index (χ2n) is 4.76. The van der Waals surface area contributed by atoms with Crippen LogP contribution < -0.4 is 0 Å². The van der Waals surface area contributed by atoms with Gasteiger partial charge >= 0.3 is 0 Å². The summed E-state index contributed by atoms with van der Waals surface area (Å²) in [5.74, 6) is 2.71. The van der Waals surface area contributed by atoms with Crippen LogP contribution >= 0.6 is 0 Å². The number of hydrogen-bond acceptors (Lipinski definition) is 2. The second-order valence-corrected chi connectivity index (χ2v) is 6.86. The molecule has 0 aromatic heterocycles. The summed E-state index contributed by atoms with van der Waals surface area (Å²) in [5, 5.41) is 0. The summed E-state index contributed by atoms with van der Waals surface area (Å²) < 4.78 is 24.1. The van der Waals surface area contributed by atoms with Crippen LogP contribution in [-0.2, 0) is 9.84 Å². The van der Waals surface area contributed by atoms with Gasteiger partial charge in [0.25, 0.3) is 0 Å². The number of hydrogen-bond donors (Lipinski definition) is 0. The molecule has 0 fully saturated rings. The first-order chi connectivity index (χ1) is 9.10. The normalized spacial score (nSPS) is 11.2. The van der Waals surface area contributed by atoms with Crippen LogP contribution in [0.25, 0.3) is 0 Å². The molecule has 2 nitrogen and oxygen atoms in total. The highest BCUT2D eigenvalue weighted by molar-refractivity contribution is 7.91. The van der Waals surface area contributed by atoms with Crippen LogP contribution in [0.5, 0.6) is 0 Å². The van der Waals surface area contributed by atoms with Crippen LogP contribution in [0.3, 0.4) is 0 Å². The van der Waals surface area contributed by atoms with E-state index < -0.39 is 9.84 Å². The van der Waals surface area contributed by atoms with Gasteiger partial charge in [-0.25, -0.2) is 8.42 Å². The molecule has 0 amide bonds. The standard InChI is InChI=1S/C16H22O2S/c1-3-5-6-7-8-9-14-19(17,18)16-12-10-15(4-2)11-13-16/h2,10-13H,3,5-9,14H2,1H3. The summed E-state index contributed by atoms with van der Waals surface area (Å²) in [6, 6.07) is 6.55. The van der Waals surface area contributed by atoms with Gasteiger partial charge in [0, 0.05) is 5.56 Å². The maximum Gasteiger partial charge on any atom is 0.178 e. The number of rotatable bonds is 8. The van der Waals surface area contributed by atoms with Crippen LogP contribution in [0.15, 0.2) is 29.2 Å². The Balaban J connectivity index is 2.45. The van der Waals surface area contributed by atoms with Gasteiger partial charge in [0.1, 0.15) is 0 Å². The largest absolute Gasteiger partial charge is 0.224 e. The summed E-state index contributed by atoms with van der Waals surface area (Å²) in [6.07, 6.45) is 11.7.